The largest absolute Gasteiger partial charge is 0.339 e. The highest BCUT2D eigenvalue weighted by molar-refractivity contribution is 5.88. The molecule has 2 aromatic heterocycles. The molecule has 0 unspecified atom stereocenters. The van der Waals surface area contributed by atoms with Gasteiger partial charge >= 0.3 is 0 Å². The normalized spacial score (nSPS) is 12.3. The third kappa shape index (κ3) is 2.14. The van der Waals surface area contributed by atoms with Crippen LogP contribution in [-0.4, -0.2) is 24.1 Å². The summed E-state index contributed by atoms with van der Waals surface area (Å²) in [6, 6.07) is 8.16. The predicted molar refractivity (Wildman–Crippen MR) is 80.7 cm³/mol. The summed E-state index contributed by atoms with van der Waals surface area (Å²) in [5, 5.41) is 0. The van der Waals surface area contributed by atoms with E-state index in [4.69, 9.17) is 0 Å². The van der Waals surface area contributed by atoms with Crippen molar-refractivity contribution in [2.24, 2.45) is 0 Å². The second kappa shape index (κ2) is 5.26. The van der Waals surface area contributed by atoms with Crippen molar-refractivity contribution >= 4 is 23.0 Å². The lowest BCUT2D eigenvalue weighted by Gasteiger charge is -2.34. The van der Waals surface area contributed by atoms with Crippen LogP contribution in [0.4, 0.5) is 23.0 Å². The lowest BCUT2D eigenvalue weighted by Crippen LogP contribution is -2.26. The number of aromatic nitrogens is 2. The average Bonchev–Trinajstić information content (AvgIpc) is 2.47. The molecule has 3 heterocycles. The number of pyridine rings is 2. The summed E-state index contributed by atoms with van der Waals surface area (Å²) in [5.41, 5.74) is 3.23. The molecule has 0 fully saturated rings. The van der Waals surface area contributed by atoms with Crippen molar-refractivity contribution in [2.45, 2.75) is 20.8 Å². The van der Waals surface area contributed by atoms with Crippen LogP contribution in [0.2, 0.25) is 0 Å². The smallest absolute Gasteiger partial charge is 0.158 e. The molecule has 2 aromatic rings. The maximum absolute atomic E-state index is 4.59. The summed E-state index contributed by atoms with van der Waals surface area (Å²) in [4.78, 5) is 13.2. The molecule has 3 rings (SSSR count). The van der Waals surface area contributed by atoms with Crippen LogP contribution >= 0.6 is 0 Å². The lowest BCUT2D eigenvalue weighted by atomic mass is 10.2. The molecule has 1 aliphatic heterocycles. The molecule has 0 N–H and O–H groups in total. The van der Waals surface area contributed by atoms with E-state index in [9.17, 15) is 0 Å². The van der Waals surface area contributed by atoms with Crippen LogP contribution < -0.4 is 9.80 Å². The molecule has 0 radical (unpaired) electrons. The Morgan fingerprint density at radius 2 is 1.58 bits per heavy atom. The minimum atomic E-state index is 0.945. The van der Waals surface area contributed by atoms with Crippen LogP contribution in [0.1, 0.15) is 19.5 Å². The van der Waals surface area contributed by atoms with Gasteiger partial charge in [-0.25, -0.2) is 9.97 Å². The number of hydrogen-bond donors (Lipinski definition) is 0. The zero-order valence-electron chi connectivity index (χ0n) is 12.2. The maximum Gasteiger partial charge on any atom is 0.158 e. The average molecular weight is 256 g/mol. The number of fused-ring (bicyclic) bond motifs is 2. The van der Waals surface area contributed by atoms with Gasteiger partial charge in [-0.1, -0.05) is 13.8 Å². The first kappa shape index (κ1) is 13.3. The quantitative estimate of drug-likeness (QED) is 0.720. The number of nitrogens with zero attached hydrogens (tertiary/aromatic N) is 4. The highest BCUT2D eigenvalue weighted by Crippen LogP contribution is 2.43. The van der Waals surface area contributed by atoms with Crippen LogP contribution in [-0.2, 0) is 0 Å². The fraction of sp³-hybridized carbons (Fsp3) is 0.333. The minimum Gasteiger partial charge on any atom is -0.339 e. The first-order valence-corrected chi connectivity index (χ1v) is 6.58. The lowest BCUT2D eigenvalue weighted by molar-refractivity contribution is 0.997. The zero-order chi connectivity index (χ0) is 14.0. The third-order valence-corrected chi connectivity index (χ3v) is 3.12. The van der Waals surface area contributed by atoms with Gasteiger partial charge in [0.2, 0.25) is 0 Å². The Kier molecular flexibility index (Phi) is 3.69. The van der Waals surface area contributed by atoms with E-state index in [1.165, 1.54) is 0 Å². The molecular formula is C15H20N4. The minimum absolute atomic E-state index is 0.945. The Balaban J connectivity index is 0.000000637. The van der Waals surface area contributed by atoms with E-state index in [0.717, 1.165) is 28.7 Å². The number of aryl methyl sites for hydroxylation is 1. The standard InChI is InChI=1S/C13H14N4.C2H6/c1-9-6-7-11-13(15-9)17(3)12-10(16(11)2)5-4-8-14-12;1-2/h4-8H,1-3H3;1-2H3. The molecule has 4 heteroatoms. The second-order valence-electron chi connectivity index (χ2n) is 4.26. The first-order chi connectivity index (χ1) is 9.18. The number of hydrogen-bond acceptors (Lipinski definition) is 4. The molecule has 100 valence electrons. The van der Waals surface area contributed by atoms with E-state index >= 15 is 0 Å². The second-order valence-corrected chi connectivity index (χ2v) is 4.26. The van der Waals surface area contributed by atoms with E-state index < -0.39 is 0 Å². The first-order valence-electron chi connectivity index (χ1n) is 6.58. The van der Waals surface area contributed by atoms with Gasteiger partial charge in [0, 0.05) is 26.0 Å². The molecule has 0 saturated carbocycles. The molecule has 0 aromatic carbocycles. The Hall–Kier alpha value is -2.10. The molecule has 0 atom stereocenters. The molecule has 19 heavy (non-hydrogen) atoms. The molecule has 0 amide bonds. The summed E-state index contributed by atoms with van der Waals surface area (Å²) in [5.74, 6) is 1.90. The van der Waals surface area contributed by atoms with Crippen LogP contribution in [0.3, 0.4) is 0 Å². The van der Waals surface area contributed by atoms with Gasteiger partial charge in [-0.05, 0) is 31.2 Å². The molecule has 0 bridgehead atoms. The van der Waals surface area contributed by atoms with Crippen molar-refractivity contribution in [3.8, 4) is 0 Å². The van der Waals surface area contributed by atoms with Crippen molar-refractivity contribution in [2.75, 3.05) is 23.9 Å². The Morgan fingerprint density at radius 3 is 2.32 bits per heavy atom. The van der Waals surface area contributed by atoms with Crippen molar-refractivity contribution in [3.05, 3.63) is 36.2 Å². The Labute approximate surface area is 114 Å². The Bertz CT molecular complexity index is 580. The van der Waals surface area contributed by atoms with E-state index in [1.54, 1.807) is 0 Å². The van der Waals surface area contributed by atoms with E-state index in [2.05, 4.69) is 27.0 Å². The zero-order valence-corrected chi connectivity index (χ0v) is 12.2. The number of rotatable bonds is 0. The van der Waals surface area contributed by atoms with E-state index in [-0.39, 0.29) is 0 Å². The van der Waals surface area contributed by atoms with Gasteiger partial charge in [0.05, 0.1) is 11.4 Å². The predicted octanol–water partition coefficient (Wildman–Crippen LogP) is 3.66. The van der Waals surface area contributed by atoms with Crippen molar-refractivity contribution in [1.29, 1.82) is 0 Å². The fourth-order valence-corrected chi connectivity index (χ4v) is 2.18. The van der Waals surface area contributed by atoms with Crippen molar-refractivity contribution in [1.82, 2.24) is 9.97 Å². The summed E-state index contributed by atoms with van der Waals surface area (Å²) >= 11 is 0. The van der Waals surface area contributed by atoms with Crippen LogP contribution in [0.25, 0.3) is 0 Å². The van der Waals surface area contributed by atoms with Gasteiger partial charge < -0.3 is 9.80 Å². The van der Waals surface area contributed by atoms with Crippen LogP contribution in [0, 0.1) is 6.92 Å². The van der Waals surface area contributed by atoms with E-state index in [0.29, 0.717) is 0 Å². The molecule has 0 saturated heterocycles. The van der Waals surface area contributed by atoms with Crippen molar-refractivity contribution < 1.29 is 0 Å². The molecule has 0 spiro atoms. The van der Waals surface area contributed by atoms with Gasteiger partial charge in [0.15, 0.2) is 11.6 Å². The van der Waals surface area contributed by atoms with Crippen molar-refractivity contribution in [3.63, 3.8) is 0 Å². The van der Waals surface area contributed by atoms with Gasteiger partial charge in [0.1, 0.15) is 0 Å². The van der Waals surface area contributed by atoms with Gasteiger partial charge in [-0.3, -0.25) is 0 Å². The van der Waals surface area contributed by atoms with Crippen LogP contribution in [0.5, 0.6) is 0 Å². The molecular weight excluding hydrogens is 236 g/mol. The number of anilines is 4. The Morgan fingerprint density at radius 1 is 0.895 bits per heavy atom. The topological polar surface area (TPSA) is 32.3 Å². The maximum atomic E-state index is 4.59. The highest BCUT2D eigenvalue weighted by Gasteiger charge is 2.25. The summed E-state index contributed by atoms with van der Waals surface area (Å²) in [6.45, 7) is 6.00. The monoisotopic (exact) mass is 256 g/mol. The van der Waals surface area contributed by atoms with E-state index in [1.807, 2.05) is 58.1 Å². The molecule has 1 aliphatic rings. The summed E-state index contributed by atoms with van der Waals surface area (Å²) < 4.78 is 0. The molecule has 0 aliphatic carbocycles. The summed E-state index contributed by atoms with van der Waals surface area (Å²) in [6.07, 6.45) is 1.81. The van der Waals surface area contributed by atoms with Gasteiger partial charge in [0.25, 0.3) is 0 Å². The van der Waals surface area contributed by atoms with Gasteiger partial charge in [-0.2, -0.15) is 0 Å². The molecule has 4 nitrogen and oxygen atoms in total. The summed E-state index contributed by atoms with van der Waals surface area (Å²) in [7, 11) is 4.05. The van der Waals surface area contributed by atoms with Crippen LogP contribution in [0.15, 0.2) is 30.5 Å². The highest BCUT2D eigenvalue weighted by atomic mass is 15.3. The van der Waals surface area contributed by atoms with Gasteiger partial charge in [-0.15, -0.1) is 0 Å². The fourth-order valence-electron chi connectivity index (χ4n) is 2.18. The third-order valence-electron chi connectivity index (χ3n) is 3.12. The SMILES string of the molecule is CC.Cc1ccc2c(n1)N(C)c1ncccc1N2C.